The average molecular weight is 251 g/mol. The molecule has 0 N–H and O–H groups in total. The molecular formula is C16H17N3. The highest BCUT2D eigenvalue weighted by Gasteiger charge is 2.03. The van der Waals surface area contributed by atoms with Crippen LogP contribution in [-0.4, -0.2) is 9.97 Å². The second kappa shape index (κ2) is 6.65. The Kier molecular flexibility index (Phi) is 4.63. The van der Waals surface area contributed by atoms with Gasteiger partial charge in [0.05, 0.1) is 11.6 Å². The lowest BCUT2D eigenvalue weighted by atomic mass is 10.1. The van der Waals surface area contributed by atoms with Crippen LogP contribution in [0.15, 0.2) is 36.5 Å². The van der Waals surface area contributed by atoms with Gasteiger partial charge in [0.2, 0.25) is 0 Å². The highest BCUT2D eigenvalue weighted by atomic mass is 14.9. The van der Waals surface area contributed by atoms with Crippen molar-refractivity contribution in [3.05, 3.63) is 47.8 Å². The van der Waals surface area contributed by atoms with Crippen LogP contribution in [-0.2, 0) is 6.42 Å². The third-order valence-electron chi connectivity index (χ3n) is 3.02. The Morgan fingerprint density at radius 1 is 1.11 bits per heavy atom. The number of aromatic nitrogens is 2. The summed E-state index contributed by atoms with van der Waals surface area (Å²) in [4.78, 5) is 8.88. The van der Waals surface area contributed by atoms with Crippen molar-refractivity contribution in [1.82, 2.24) is 9.97 Å². The Morgan fingerprint density at radius 3 is 2.58 bits per heavy atom. The van der Waals surface area contributed by atoms with E-state index in [2.05, 4.69) is 23.0 Å². The summed E-state index contributed by atoms with van der Waals surface area (Å²) in [5, 5.41) is 8.78. The topological polar surface area (TPSA) is 49.6 Å². The summed E-state index contributed by atoms with van der Waals surface area (Å²) in [7, 11) is 0. The third kappa shape index (κ3) is 3.62. The molecule has 0 atom stereocenters. The van der Waals surface area contributed by atoms with E-state index in [1.54, 1.807) is 12.1 Å². The predicted molar refractivity (Wildman–Crippen MR) is 75.4 cm³/mol. The highest BCUT2D eigenvalue weighted by Crippen LogP contribution is 2.16. The van der Waals surface area contributed by atoms with E-state index < -0.39 is 0 Å². The van der Waals surface area contributed by atoms with E-state index in [0.29, 0.717) is 5.56 Å². The summed E-state index contributed by atoms with van der Waals surface area (Å²) in [5.41, 5.74) is 2.70. The molecule has 0 spiro atoms. The quantitative estimate of drug-likeness (QED) is 0.760. The maximum atomic E-state index is 8.78. The minimum Gasteiger partial charge on any atom is -0.237 e. The van der Waals surface area contributed by atoms with E-state index in [9.17, 15) is 0 Å². The summed E-state index contributed by atoms with van der Waals surface area (Å²) >= 11 is 0. The van der Waals surface area contributed by atoms with Gasteiger partial charge in [-0.3, -0.25) is 0 Å². The Hall–Kier alpha value is -2.21. The lowest BCUT2D eigenvalue weighted by molar-refractivity contribution is 0.706. The van der Waals surface area contributed by atoms with Gasteiger partial charge in [0.1, 0.15) is 0 Å². The van der Waals surface area contributed by atoms with Crippen molar-refractivity contribution in [2.45, 2.75) is 32.6 Å². The minimum absolute atomic E-state index is 0.655. The molecule has 1 aromatic carbocycles. The van der Waals surface area contributed by atoms with E-state index in [4.69, 9.17) is 5.26 Å². The molecule has 0 bridgehead atoms. The average Bonchev–Trinajstić information content (AvgIpc) is 2.48. The first kappa shape index (κ1) is 13.2. The molecule has 0 aliphatic heterocycles. The highest BCUT2D eigenvalue weighted by molar-refractivity contribution is 5.56. The Labute approximate surface area is 114 Å². The molecule has 0 saturated heterocycles. The lowest BCUT2D eigenvalue weighted by Crippen LogP contribution is -1.95. The molecule has 1 heterocycles. The molecule has 0 aliphatic rings. The van der Waals surface area contributed by atoms with Crippen LogP contribution in [0, 0.1) is 11.3 Å². The number of rotatable bonds is 5. The molecule has 19 heavy (non-hydrogen) atoms. The molecule has 0 amide bonds. The van der Waals surface area contributed by atoms with Gasteiger partial charge in [-0.05, 0) is 43.2 Å². The molecule has 0 aliphatic carbocycles. The summed E-state index contributed by atoms with van der Waals surface area (Å²) in [6, 6.07) is 11.5. The van der Waals surface area contributed by atoms with Gasteiger partial charge >= 0.3 is 0 Å². The van der Waals surface area contributed by atoms with Gasteiger partial charge in [0.25, 0.3) is 0 Å². The smallest absolute Gasteiger partial charge is 0.159 e. The van der Waals surface area contributed by atoms with Crippen LogP contribution in [0.25, 0.3) is 11.4 Å². The van der Waals surface area contributed by atoms with E-state index in [0.717, 1.165) is 23.5 Å². The van der Waals surface area contributed by atoms with Gasteiger partial charge in [-0.1, -0.05) is 19.8 Å². The largest absolute Gasteiger partial charge is 0.237 e. The summed E-state index contributed by atoms with van der Waals surface area (Å²) in [5.74, 6) is 0.735. The van der Waals surface area contributed by atoms with Crippen molar-refractivity contribution >= 4 is 0 Å². The van der Waals surface area contributed by atoms with E-state index >= 15 is 0 Å². The molecule has 0 saturated carbocycles. The first-order chi connectivity index (χ1) is 9.33. The minimum atomic E-state index is 0.655. The maximum Gasteiger partial charge on any atom is 0.159 e. The number of unbranched alkanes of at least 4 members (excludes halogenated alkanes) is 2. The van der Waals surface area contributed by atoms with Gasteiger partial charge in [0.15, 0.2) is 5.82 Å². The molecule has 1 aromatic heterocycles. The molecule has 3 heteroatoms. The van der Waals surface area contributed by atoms with Gasteiger partial charge < -0.3 is 0 Å². The molecule has 2 aromatic rings. The zero-order valence-electron chi connectivity index (χ0n) is 11.1. The number of nitrogens with zero attached hydrogens (tertiary/aromatic N) is 3. The Morgan fingerprint density at radius 2 is 1.89 bits per heavy atom. The van der Waals surface area contributed by atoms with E-state index in [-0.39, 0.29) is 0 Å². The molecule has 0 radical (unpaired) electrons. The van der Waals surface area contributed by atoms with Crippen molar-refractivity contribution in [2.24, 2.45) is 0 Å². The molecule has 96 valence electrons. The van der Waals surface area contributed by atoms with Crippen molar-refractivity contribution in [2.75, 3.05) is 0 Å². The molecular weight excluding hydrogens is 234 g/mol. The monoisotopic (exact) mass is 251 g/mol. The van der Waals surface area contributed by atoms with Crippen molar-refractivity contribution < 1.29 is 0 Å². The number of benzene rings is 1. The second-order valence-electron chi connectivity index (χ2n) is 4.52. The fourth-order valence-corrected chi connectivity index (χ4v) is 1.92. The van der Waals surface area contributed by atoms with Gasteiger partial charge in [0, 0.05) is 17.5 Å². The third-order valence-corrected chi connectivity index (χ3v) is 3.02. The fraction of sp³-hybridized carbons (Fsp3) is 0.312. The number of nitriles is 1. The van der Waals surface area contributed by atoms with Crippen molar-refractivity contribution in [3.8, 4) is 17.5 Å². The van der Waals surface area contributed by atoms with Crippen molar-refractivity contribution in [1.29, 1.82) is 5.26 Å². The molecule has 2 rings (SSSR count). The summed E-state index contributed by atoms with van der Waals surface area (Å²) < 4.78 is 0. The first-order valence-electron chi connectivity index (χ1n) is 6.66. The predicted octanol–water partition coefficient (Wildman–Crippen LogP) is 3.75. The van der Waals surface area contributed by atoms with Crippen LogP contribution < -0.4 is 0 Å². The van der Waals surface area contributed by atoms with Gasteiger partial charge in [-0.15, -0.1) is 0 Å². The van der Waals surface area contributed by atoms with E-state index in [1.807, 2.05) is 24.4 Å². The lowest BCUT2D eigenvalue weighted by Gasteiger charge is -2.03. The van der Waals surface area contributed by atoms with Crippen LogP contribution in [0.3, 0.4) is 0 Å². The first-order valence-corrected chi connectivity index (χ1v) is 6.66. The molecule has 0 unspecified atom stereocenters. The van der Waals surface area contributed by atoms with E-state index in [1.165, 1.54) is 19.3 Å². The van der Waals surface area contributed by atoms with Crippen LogP contribution >= 0.6 is 0 Å². The van der Waals surface area contributed by atoms with Crippen LogP contribution in [0.4, 0.5) is 0 Å². The number of aryl methyl sites for hydroxylation is 1. The van der Waals surface area contributed by atoms with Crippen LogP contribution in [0.1, 0.15) is 37.4 Å². The van der Waals surface area contributed by atoms with Crippen LogP contribution in [0.2, 0.25) is 0 Å². The molecule has 0 fully saturated rings. The zero-order chi connectivity index (χ0) is 13.5. The Bertz CT molecular complexity index is 567. The van der Waals surface area contributed by atoms with Gasteiger partial charge in [-0.2, -0.15) is 5.26 Å². The SMILES string of the molecule is CCCCCc1ccnc(-c2ccc(C#N)cc2)n1. The maximum absolute atomic E-state index is 8.78. The Balaban J connectivity index is 2.15. The number of hydrogen-bond donors (Lipinski definition) is 0. The van der Waals surface area contributed by atoms with Crippen molar-refractivity contribution in [3.63, 3.8) is 0 Å². The van der Waals surface area contributed by atoms with Crippen LogP contribution in [0.5, 0.6) is 0 Å². The summed E-state index contributed by atoms with van der Waals surface area (Å²) in [6.45, 7) is 2.20. The zero-order valence-corrected chi connectivity index (χ0v) is 11.1. The second-order valence-corrected chi connectivity index (χ2v) is 4.52. The van der Waals surface area contributed by atoms with Gasteiger partial charge in [-0.25, -0.2) is 9.97 Å². The molecule has 3 nitrogen and oxygen atoms in total. The normalized spacial score (nSPS) is 10.1. The standard InChI is InChI=1S/C16H17N3/c1-2-3-4-5-15-10-11-18-16(19-15)14-8-6-13(12-17)7-9-14/h6-11H,2-5H2,1H3. The number of hydrogen-bond acceptors (Lipinski definition) is 3. The summed E-state index contributed by atoms with van der Waals surface area (Å²) in [6.07, 6.45) is 6.42. The fourth-order valence-electron chi connectivity index (χ4n) is 1.92.